The van der Waals surface area contributed by atoms with Crippen LogP contribution in [0.3, 0.4) is 0 Å². The van der Waals surface area contributed by atoms with Crippen LogP contribution in [0.2, 0.25) is 5.02 Å². The molecule has 3 aromatic carbocycles. The summed E-state index contributed by atoms with van der Waals surface area (Å²) in [5, 5.41) is 0.454. The number of likely N-dealkylation sites (tertiary alicyclic amines) is 1. The summed E-state index contributed by atoms with van der Waals surface area (Å²) in [6.45, 7) is 0.840. The van der Waals surface area contributed by atoms with Gasteiger partial charge in [0.15, 0.2) is 0 Å². The van der Waals surface area contributed by atoms with Crippen molar-refractivity contribution in [2.45, 2.75) is 31.9 Å². The highest BCUT2D eigenvalue weighted by Gasteiger charge is 2.55. The van der Waals surface area contributed by atoms with Gasteiger partial charge in [-0.15, -0.1) is 0 Å². The van der Waals surface area contributed by atoms with Gasteiger partial charge in [0.1, 0.15) is 18.6 Å². The van der Waals surface area contributed by atoms with E-state index in [0.29, 0.717) is 48.1 Å². The van der Waals surface area contributed by atoms with E-state index in [1.807, 2.05) is 54.6 Å². The quantitative estimate of drug-likeness (QED) is 0.313. The second kappa shape index (κ2) is 11.0. The molecule has 2 atom stereocenters. The summed E-state index contributed by atoms with van der Waals surface area (Å²) in [5.74, 6) is -0.504. The molecular formula is C29H26BClFN2O4. The number of hydrogen-bond acceptors (Lipinski definition) is 4. The molecule has 0 aromatic heterocycles. The van der Waals surface area contributed by atoms with Crippen molar-refractivity contribution in [1.82, 2.24) is 9.71 Å². The van der Waals surface area contributed by atoms with E-state index < -0.39 is 11.5 Å². The lowest BCUT2D eigenvalue weighted by molar-refractivity contribution is -0.132. The van der Waals surface area contributed by atoms with Crippen LogP contribution in [0.4, 0.5) is 9.18 Å². The van der Waals surface area contributed by atoms with Gasteiger partial charge in [0.2, 0.25) is 5.91 Å². The number of rotatable bonds is 7. The first-order valence-corrected chi connectivity index (χ1v) is 12.9. The van der Waals surface area contributed by atoms with E-state index in [2.05, 4.69) is 0 Å². The molecule has 9 heteroatoms. The summed E-state index contributed by atoms with van der Waals surface area (Å²) in [7, 11) is 1.29. The van der Waals surface area contributed by atoms with Crippen molar-refractivity contribution in [2.75, 3.05) is 13.1 Å². The van der Waals surface area contributed by atoms with Gasteiger partial charge in [-0.3, -0.25) is 4.79 Å². The topological polar surface area (TPSA) is 66.9 Å². The van der Waals surface area contributed by atoms with Crippen molar-refractivity contribution >= 4 is 37.2 Å². The van der Waals surface area contributed by atoms with Gasteiger partial charge in [-0.05, 0) is 54.2 Å². The molecule has 0 bridgehead atoms. The highest BCUT2D eigenvalue weighted by molar-refractivity contribution is 6.66. The third-order valence-electron chi connectivity index (χ3n) is 7.41. The summed E-state index contributed by atoms with van der Waals surface area (Å²) in [6, 6.07) is 21.1. The first-order chi connectivity index (χ1) is 18.4. The Morgan fingerprint density at radius 3 is 2.61 bits per heavy atom. The van der Waals surface area contributed by atoms with Gasteiger partial charge in [-0.1, -0.05) is 66.2 Å². The Morgan fingerprint density at radius 1 is 1.11 bits per heavy atom. The molecule has 1 spiro atoms. The van der Waals surface area contributed by atoms with Gasteiger partial charge in [0, 0.05) is 29.7 Å². The number of carbonyl (C=O) groups excluding carboxylic acids is 3. The maximum absolute atomic E-state index is 14.3. The molecule has 38 heavy (non-hydrogen) atoms. The fraction of sp³-hybridized carbons (Fsp3) is 0.276. The van der Waals surface area contributed by atoms with Crippen LogP contribution in [-0.2, 0) is 27.4 Å². The minimum Gasteiger partial charge on any atom is -0.445 e. The molecule has 1 unspecified atom stereocenters. The van der Waals surface area contributed by atoms with Crippen LogP contribution in [0.1, 0.15) is 24.0 Å². The summed E-state index contributed by atoms with van der Waals surface area (Å²) >= 11 is 6.04. The third kappa shape index (κ3) is 5.32. The van der Waals surface area contributed by atoms with Gasteiger partial charge < -0.3 is 19.2 Å². The first-order valence-electron chi connectivity index (χ1n) is 12.5. The Labute approximate surface area is 226 Å². The van der Waals surface area contributed by atoms with E-state index in [-0.39, 0.29) is 30.9 Å². The van der Waals surface area contributed by atoms with E-state index in [0.717, 1.165) is 11.1 Å². The van der Waals surface area contributed by atoms with Crippen LogP contribution >= 0.6 is 11.6 Å². The Morgan fingerprint density at radius 2 is 1.87 bits per heavy atom. The van der Waals surface area contributed by atoms with Crippen molar-refractivity contribution in [3.63, 3.8) is 0 Å². The first kappa shape index (κ1) is 26.0. The average Bonchev–Trinajstić information content (AvgIpc) is 3.47. The molecule has 3 aromatic rings. The zero-order valence-electron chi connectivity index (χ0n) is 20.7. The molecule has 193 valence electrons. The average molecular weight is 532 g/mol. The molecular weight excluding hydrogens is 506 g/mol. The van der Waals surface area contributed by atoms with Crippen molar-refractivity contribution in [1.29, 1.82) is 0 Å². The fourth-order valence-electron chi connectivity index (χ4n) is 5.49. The lowest BCUT2D eigenvalue weighted by atomic mass is 9.83. The van der Waals surface area contributed by atoms with E-state index in [1.54, 1.807) is 11.0 Å². The Kier molecular flexibility index (Phi) is 7.52. The predicted octanol–water partition coefficient (Wildman–Crippen LogP) is 5.13. The molecule has 2 aliphatic rings. The predicted molar refractivity (Wildman–Crippen MR) is 144 cm³/mol. The van der Waals surface area contributed by atoms with Crippen LogP contribution in [0.25, 0.3) is 11.1 Å². The van der Waals surface area contributed by atoms with Crippen molar-refractivity contribution < 1.29 is 23.5 Å². The monoisotopic (exact) mass is 531 g/mol. The van der Waals surface area contributed by atoms with Gasteiger partial charge in [-0.2, -0.15) is 0 Å². The lowest BCUT2D eigenvalue weighted by Crippen LogP contribution is -2.42. The third-order valence-corrected chi connectivity index (χ3v) is 7.65. The normalized spacial score (nSPS) is 20.7. The van der Waals surface area contributed by atoms with E-state index in [4.69, 9.17) is 16.3 Å². The van der Waals surface area contributed by atoms with Crippen LogP contribution in [-0.4, -0.2) is 54.4 Å². The van der Waals surface area contributed by atoms with E-state index >= 15 is 0 Å². The number of hydrogen-bond donors (Lipinski definition) is 0. The molecule has 0 N–H and O–H groups in total. The van der Waals surface area contributed by atoms with Gasteiger partial charge in [0.05, 0.1) is 5.41 Å². The Hall–Kier alpha value is -3.65. The molecule has 2 saturated heterocycles. The van der Waals surface area contributed by atoms with Gasteiger partial charge in [-0.25, -0.2) is 9.18 Å². The van der Waals surface area contributed by atoms with Crippen molar-refractivity contribution in [3.8, 4) is 11.1 Å². The second-order valence-corrected chi connectivity index (χ2v) is 10.3. The fourth-order valence-corrected chi connectivity index (χ4v) is 5.67. The minimum absolute atomic E-state index is 0.148. The van der Waals surface area contributed by atoms with E-state index in [9.17, 15) is 18.8 Å². The highest BCUT2D eigenvalue weighted by Crippen LogP contribution is 2.44. The molecule has 1 radical (unpaired) electrons. The summed E-state index contributed by atoms with van der Waals surface area (Å²) in [5.41, 5.74) is 2.21. The van der Waals surface area contributed by atoms with Crippen molar-refractivity contribution in [2.24, 2.45) is 5.41 Å². The zero-order chi connectivity index (χ0) is 26.7. The number of benzene rings is 3. The molecule has 6 nitrogen and oxygen atoms in total. The maximum atomic E-state index is 14.3. The largest absolute Gasteiger partial charge is 0.445 e. The Bertz CT molecular complexity index is 1340. The van der Waals surface area contributed by atoms with Gasteiger partial charge >= 0.3 is 13.5 Å². The SMILES string of the molecule is O=C[B]N1C(=O)C2(CCN(C(=O)OCc3ccccc3)C2)C[C@H]1Cc1ccc(-c2cc(Cl)ccc2F)cc1. The molecule has 0 aliphatic carbocycles. The minimum atomic E-state index is -0.750. The second-order valence-electron chi connectivity index (χ2n) is 9.87. The van der Waals surface area contributed by atoms with Crippen LogP contribution < -0.4 is 0 Å². The molecule has 2 amide bonds. The summed E-state index contributed by atoms with van der Waals surface area (Å²) < 4.78 is 19.8. The summed E-state index contributed by atoms with van der Waals surface area (Å²) in [4.78, 5) is 40.7. The van der Waals surface area contributed by atoms with Crippen LogP contribution in [0.15, 0.2) is 72.8 Å². The van der Waals surface area contributed by atoms with Crippen LogP contribution in [0, 0.1) is 11.2 Å². The van der Waals surface area contributed by atoms with E-state index in [1.165, 1.54) is 24.4 Å². The standard InChI is InChI=1S/C29H26BClFN2O4/c31-23-10-11-26(32)25(15-23)22-8-6-20(7-9-22)14-24-16-29(27(36)34(24)30-19-35)12-13-33(18-29)28(37)38-17-21-4-2-1-3-5-21/h1-11,15,19,24H,12-14,16-18H2/t24-,29?/m1/s1. The molecule has 0 saturated carbocycles. The zero-order valence-corrected chi connectivity index (χ0v) is 21.4. The van der Waals surface area contributed by atoms with Gasteiger partial charge in [0.25, 0.3) is 0 Å². The Balaban J connectivity index is 1.26. The number of nitrogens with zero attached hydrogens (tertiary/aromatic N) is 2. The van der Waals surface area contributed by atoms with Crippen LogP contribution in [0.5, 0.6) is 0 Å². The number of halogens is 2. The molecule has 2 heterocycles. The smallest absolute Gasteiger partial charge is 0.410 e. The summed E-state index contributed by atoms with van der Waals surface area (Å²) in [6.07, 6.45) is 1.73. The number of ether oxygens (including phenoxy) is 1. The molecule has 5 rings (SSSR count). The lowest BCUT2D eigenvalue weighted by Gasteiger charge is -2.23. The van der Waals surface area contributed by atoms with Crippen molar-refractivity contribution in [3.05, 3.63) is 94.8 Å². The molecule has 2 aliphatic heterocycles. The molecule has 2 fully saturated rings. The highest BCUT2D eigenvalue weighted by atomic mass is 35.5. The number of carbonyl (C=O) groups is 3. The maximum Gasteiger partial charge on any atom is 0.410 e. The number of amides is 2.